The van der Waals surface area contributed by atoms with Crippen LogP contribution in [0.2, 0.25) is 0 Å². The van der Waals surface area contributed by atoms with Gasteiger partial charge in [0.05, 0.1) is 5.52 Å². The highest BCUT2D eigenvalue weighted by atomic mass is 32.1. The molecule has 38 heavy (non-hydrogen) atoms. The van der Waals surface area contributed by atoms with Gasteiger partial charge in [0.25, 0.3) is 5.91 Å². The molecule has 190 valence electrons. The molecule has 0 spiro atoms. The van der Waals surface area contributed by atoms with E-state index in [1.165, 1.54) is 11.3 Å². The molecule has 0 saturated heterocycles. The summed E-state index contributed by atoms with van der Waals surface area (Å²) in [4.78, 5) is 34.2. The van der Waals surface area contributed by atoms with Crippen LogP contribution in [0.3, 0.4) is 0 Å². The quantitative estimate of drug-likeness (QED) is 0.325. The number of anilines is 1. The molecule has 0 bridgehead atoms. The fraction of sp³-hybridized carbons (Fsp3) is 0.148. The topological polar surface area (TPSA) is 111 Å². The normalized spacial score (nSPS) is 12.8. The van der Waals surface area contributed by atoms with Crippen LogP contribution in [0.4, 0.5) is 5.69 Å². The Balaban J connectivity index is 1.34. The van der Waals surface area contributed by atoms with E-state index in [0.717, 1.165) is 16.0 Å². The maximum Gasteiger partial charge on any atom is 0.252 e. The van der Waals surface area contributed by atoms with Gasteiger partial charge < -0.3 is 19.7 Å². The monoisotopic (exact) mass is 526 g/mol. The number of pyridine rings is 1. The van der Waals surface area contributed by atoms with Crippen LogP contribution in [0.5, 0.6) is 11.5 Å². The first-order valence-corrected chi connectivity index (χ1v) is 12.7. The number of carbonyl (C=O) groups excluding carboxylic acids is 2. The number of hydrogen-bond donors (Lipinski definition) is 1. The number of nitrogens with zero attached hydrogens (tertiary/aromatic N) is 5. The van der Waals surface area contributed by atoms with E-state index in [2.05, 4.69) is 20.6 Å². The van der Waals surface area contributed by atoms with E-state index in [1.807, 2.05) is 47.8 Å². The first kappa shape index (κ1) is 23.6. The summed E-state index contributed by atoms with van der Waals surface area (Å²) < 4.78 is 12.4. The SMILES string of the molecule is O=C(Nc1ccc2c(c1)OCO2)[C@@H](c1cccs1)N(Cc1cccnc1)C(=O)Cn1nnc2ccccc21. The van der Waals surface area contributed by atoms with Gasteiger partial charge in [-0.3, -0.25) is 14.6 Å². The van der Waals surface area contributed by atoms with E-state index >= 15 is 0 Å². The van der Waals surface area contributed by atoms with E-state index in [4.69, 9.17) is 9.47 Å². The van der Waals surface area contributed by atoms with Gasteiger partial charge in [0.2, 0.25) is 12.7 Å². The van der Waals surface area contributed by atoms with Gasteiger partial charge >= 0.3 is 0 Å². The molecule has 1 N–H and O–H groups in total. The number of aromatic nitrogens is 4. The molecular formula is C27H22N6O4S. The van der Waals surface area contributed by atoms with Gasteiger partial charge in [-0.2, -0.15) is 0 Å². The lowest BCUT2D eigenvalue weighted by Crippen LogP contribution is -2.42. The zero-order chi connectivity index (χ0) is 25.9. The molecular weight excluding hydrogens is 504 g/mol. The number of para-hydroxylation sites is 1. The van der Waals surface area contributed by atoms with Crippen LogP contribution in [0, 0.1) is 0 Å². The summed E-state index contributed by atoms with van der Waals surface area (Å²) in [5, 5.41) is 13.2. The molecule has 3 aromatic heterocycles. The molecule has 0 unspecified atom stereocenters. The Kier molecular flexibility index (Phi) is 6.40. The molecule has 1 atom stereocenters. The third-order valence-electron chi connectivity index (χ3n) is 6.11. The molecule has 1 aliphatic heterocycles. The first-order chi connectivity index (χ1) is 18.7. The summed E-state index contributed by atoms with van der Waals surface area (Å²) in [5.41, 5.74) is 2.76. The number of benzene rings is 2. The van der Waals surface area contributed by atoms with Crippen molar-refractivity contribution in [2.45, 2.75) is 19.1 Å². The van der Waals surface area contributed by atoms with E-state index in [9.17, 15) is 9.59 Å². The van der Waals surface area contributed by atoms with Crippen molar-refractivity contribution in [3.63, 3.8) is 0 Å². The van der Waals surface area contributed by atoms with E-state index < -0.39 is 6.04 Å². The second kappa shape index (κ2) is 10.3. The number of carbonyl (C=O) groups is 2. The second-order valence-electron chi connectivity index (χ2n) is 8.59. The summed E-state index contributed by atoms with van der Waals surface area (Å²) in [6.07, 6.45) is 3.35. The van der Waals surface area contributed by atoms with Gasteiger partial charge in [0, 0.05) is 35.6 Å². The minimum Gasteiger partial charge on any atom is -0.454 e. The molecule has 4 heterocycles. The van der Waals surface area contributed by atoms with Crippen molar-refractivity contribution in [1.29, 1.82) is 0 Å². The van der Waals surface area contributed by atoms with Crippen molar-refractivity contribution < 1.29 is 19.1 Å². The Bertz CT molecular complexity index is 1590. The fourth-order valence-electron chi connectivity index (χ4n) is 4.32. The smallest absolute Gasteiger partial charge is 0.252 e. The van der Waals surface area contributed by atoms with Crippen LogP contribution < -0.4 is 14.8 Å². The Hall–Kier alpha value is -4.77. The van der Waals surface area contributed by atoms with Crippen molar-refractivity contribution in [3.05, 3.63) is 94.9 Å². The summed E-state index contributed by atoms with van der Waals surface area (Å²) in [7, 11) is 0. The first-order valence-electron chi connectivity index (χ1n) is 11.9. The molecule has 0 saturated carbocycles. The Morgan fingerprint density at radius 3 is 2.79 bits per heavy atom. The number of hydrogen-bond acceptors (Lipinski definition) is 8. The highest BCUT2D eigenvalue weighted by molar-refractivity contribution is 7.10. The minimum absolute atomic E-state index is 0.0834. The van der Waals surface area contributed by atoms with Crippen molar-refractivity contribution in [1.82, 2.24) is 24.9 Å². The number of rotatable bonds is 8. The number of amides is 2. The average Bonchev–Trinajstić information content (AvgIpc) is 3.71. The van der Waals surface area contributed by atoms with Gasteiger partial charge in [0.1, 0.15) is 18.1 Å². The number of thiophene rings is 1. The van der Waals surface area contributed by atoms with Crippen LogP contribution in [-0.2, 0) is 22.7 Å². The zero-order valence-electron chi connectivity index (χ0n) is 20.1. The van der Waals surface area contributed by atoms with E-state index in [-0.39, 0.29) is 31.7 Å². The molecule has 0 fully saturated rings. The van der Waals surface area contributed by atoms with Crippen LogP contribution in [0.25, 0.3) is 11.0 Å². The van der Waals surface area contributed by atoms with Gasteiger partial charge in [-0.05, 0) is 47.3 Å². The molecule has 0 aliphatic carbocycles. The molecule has 1 aliphatic rings. The third-order valence-corrected chi connectivity index (χ3v) is 7.04. The number of ether oxygens (including phenoxy) is 2. The summed E-state index contributed by atoms with van der Waals surface area (Å²) in [6.45, 7) is 0.227. The van der Waals surface area contributed by atoms with Crippen molar-refractivity contribution in [2.75, 3.05) is 12.1 Å². The maximum atomic E-state index is 13.9. The van der Waals surface area contributed by atoms with E-state index in [1.54, 1.807) is 46.2 Å². The molecule has 11 heteroatoms. The molecule has 10 nitrogen and oxygen atoms in total. The zero-order valence-corrected chi connectivity index (χ0v) is 20.9. The lowest BCUT2D eigenvalue weighted by Gasteiger charge is -2.30. The predicted molar refractivity (Wildman–Crippen MR) is 141 cm³/mol. The molecule has 0 radical (unpaired) electrons. The lowest BCUT2D eigenvalue weighted by atomic mass is 10.1. The molecule has 5 aromatic rings. The maximum absolute atomic E-state index is 13.9. The molecule has 2 amide bonds. The Morgan fingerprint density at radius 1 is 1.05 bits per heavy atom. The summed E-state index contributed by atoms with van der Waals surface area (Å²) in [5.74, 6) is 0.527. The lowest BCUT2D eigenvalue weighted by molar-refractivity contribution is -0.140. The van der Waals surface area contributed by atoms with Crippen molar-refractivity contribution in [3.8, 4) is 11.5 Å². The summed E-state index contributed by atoms with van der Waals surface area (Å²) >= 11 is 1.41. The van der Waals surface area contributed by atoms with Gasteiger partial charge in [-0.15, -0.1) is 16.4 Å². The Morgan fingerprint density at radius 2 is 1.95 bits per heavy atom. The van der Waals surface area contributed by atoms with Crippen LogP contribution in [0.15, 0.2) is 84.5 Å². The van der Waals surface area contributed by atoms with Gasteiger partial charge in [-0.1, -0.05) is 29.5 Å². The molecule has 2 aromatic carbocycles. The van der Waals surface area contributed by atoms with Crippen molar-refractivity contribution >= 4 is 39.9 Å². The van der Waals surface area contributed by atoms with E-state index in [0.29, 0.717) is 22.7 Å². The third kappa shape index (κ3) is 4.78. The second-order valence-corrected chi connectivity index (χ2v) is 9.57. The predicted octanol–water partition coefficient (Wildman–Crippen LogP) is 4.03. The highest BCUT2D eigenvalue weighted by Gasteiger charge is 2.33. The van der Waals surface area contributed by atoms with Crippen LogP contribution >= 0.6 is 11.3 Å². The van der Waals surface area contributed by atoms with Gasteiger partial charge in [0.15, 0.2) is 11.5 Å². The number of nitrogens with one attached hydrogen (secondary N) is 1. The number of fused-ring (bicyclic) bond motifs is 2. The van der Waals surface area contributed by atoms with Crippen molar-refractivity contribution in [2.24, 2.45) is 0 Å². The van der Waals surface area contributed by atoms with Gasteiger partial charge in [-0.25, -0.2) is 4.68 Å². The van der Waals surface area contributed by atoms with Crippen LogP contribution in [-0.4, -0.2) is 43.5 Å². The average molecular weight is 527 g/mol. The Labute approximate surface area is 221 Å². The standard InChI is InChI=1S/C27H22N6O4S/c34-25(16-33-21-7-2-1-6-20(21)30-31-33)32(15-18-5-3-11-28-14-18)26(24-8-4-12-38-24)27(35)29-19-9-10-22-23(13-19)37-17-36-22/h1-14,26H,15-17H2,(H,29,35)/t26-/m1/s1. The fourth-order valence-corrected chi connectivity index (χ4v) is 5.16. The summed E-state index contributed by atoms with van der Waals surface area (Å²) in [6, 6.07) is 19.1. The minimum atomic E-state index is -0.900. The largest absolute Gasteiger partial charge is 0.454 e. The highest BCUT2D eigenvalue weighted by Crippen LogP contribution is 2.35. The molecule has 6 rings (SSSR count). The van der Waals surface area contributed by atoms with Crippen LogP contribution in [0.1, 0.15) is 16.5 Å².